The third-order valence-corrected chi connectivity index (χ3v) is 6.26. The topological polar surface area (TPSA) is 128 Å². The Balaban J connectivity index is 1.83. The van der Waals surface area contributed by atoms with Crippen LogP contribution in [-0.4, -0.2) is 42.1 Å². The first-order valence-corrected chi connectivity index (χ1v) is 11.3. The molecule has 0 atom stereocenters. The van der Waals surface area contributed by atoms with Crippen LogP contribution in [0.5, 0.6) is 5.88 Å². The van der Waals surface area contributed by atoms with Crippen LogP contribution in [0.4, 0.5) is 20.4 Å². The molecular formula is C20H15ClF2N6O4S. The second kappa shape index (κ2) is 8.83. The number of sulfonamides is 1. The van der Waals surface area contributed by atoms with Gasteiger partial charge in [0.05, 0.1) is 28.7 Å². The zero-order valence-electron chi connectivity index (χ0n) is 17.5. The number of nitrogens with zero attached hydrogens (tertiary/aromatic N) is 4. The summed E-state index contributed by atoms with van der Waals surface area (Å²) in [6.45, 7) is 0. The average molecular weight is 509 g/mol. The largest absolute Gasteiger partial charge is 0.480 e. The smallest absolute Gasteiger partial charge is 0.267 e. The highest BCUT2D eigenvalue weighted by atomic mass is 35.5. The molecule has 3 aromatic heterocycles. The van der Waals surface area contributed by atoms with E-state index in [1.807, 2.05) is 4.72 Å². The van der Waals surface area contributed by atoms with Gasteiger partial charge >= 0.3 is 0 Å². The van der Waals surface area contributed by atoms with E-state index in [4.69, 9.17) is 16.3 Å². The van der Waals surface area contributed by atoms with Crippen molar-refractivity contribution in [3.8, 4) is 11.6 Å². The molecule has 0 amide bonds. The van der Waals surface area contributed by atoms with Crippen LogP contribution in [0.3, 0.4) is 0 Å². The quantitative estimate of drug-likeness (QED) is 0.407. The van der Waals surface area contributed by atoms with E-state index in [0.717, 1.165) is 24.4 Å². The summed E-state index contributed by atoms with van der Waals surface area (Å²) in [7, 11) is -1.68. The summed E-state index contributed by atoms with van der Waals surface area (Å²) in [5.41, 5.74) is -1.97. The highest BCUT2D eigenvalue weighted by molar-refractivity contribution is 7.92. The van der Waals surface area contributed by atoms with Gasteiger partial charge in [0.1, 0.15) is 11.5 Å². The van der Waals surface area contributed by atoms with Crippen molar-refractivity contribution in [3.63, 3.8) is 0 Å². The molecule has 0 bridgehead atoms. The van der Waals surface area contributed by atoms with Crippen LogP contribution in [0.25, 0.3) is 16.6 Å². The van der Waals surface area contributed by atoms with Crippen molar-refractivity contribution >= 4 is 44.2 Å². The van der Waals surface area contributed by atoms with Crippen molar-refractivity contribution in [1.82, 2.24) is 19.5 Å². The Morgan fingerprint density at radius 3 is 2.62 bits per heavy atom. The fourth-order valence-corrected chi connectivity index (χ4v) is 4.55. The zero-order chi connectivity index (χ0) is 24.6. The Labute approximate surface area is 196 Å². The number of anilines is 2. The normalized spacial score (nSPS) is 11.4. The van der Waals surface area contributed by atoms with E-state index < -0.39 is 43.5 Å². The summed E-state index contributed by atoms with van der Waals surface area (Å²) in [4.78, 5) is 24.3. The Morgan fingerprint density at radius 1 is 1.15 bits per heavy atom. The molecule has 0 fully saturated rings. The lowest BCUT2D eigenvalue weighted by molar-refractivity contribution is 0.385. The van der Waals surface area contributed by atoms with Gasteiger partial charge in [0.25, 0.3) is 15.6 Å². The number of ether oxygens (including phenoxy) is 1. The number of halogens is 3. The molecule has 34 heavy (non-hydrogen) atoms. The molecule has 4 aromatic rings. The van der Waals surface area contributed by atoms with E-state index >= 15 is 4.39 Å². The number of rotatable bonds is 6. The monoisotopic (exact) mass is 508 g/mol. The molecule has 2 N–H and O–H groups in total. The van der Waals surface area contributed by atoms with E-state index in [1.54, 1.807) is 7.05 Å². The van der Waals surface area contributed by atoms with Crippen LogP contribution >= 0.6 is 11.6 Å². The second-order valence-electron chi connectivity index (χ2n) is 6.76. The van der Waals surface area contributed by atoms with Crippen molar-refractivity contribution in [2.75, 3.05) is 24.2 Å². The Bertz CT molecular complexity index is 1600. The van der Waals surface area contributed by atoms with Crippen molar-refractivity contribution in [2.45, 2.75) is 4.90 Å². The number of methoxy groups -OCH3 is 1. The van der Waals surface area contributed by atoms with Gasteiger partial charge in [-0.2, -0.15) is 0 Å². The van der Waals surface area contributed by atoms with Crippen LogP contribution in [-0.2, 0) is 10.0 Å². The summed E-state index contributed by atoms with van der Waals surface area (Å²) in [5, 5.41) is 2.71. The van der Waals surface area contributed by atoms with E-state index in [-0.39, 0.29) is 27.8 Å². The summed E-state index contributed by atoms with van der Waals surface area (Å²) >= 11 is 5.84. The first-order chi connectivity index (χ1) is 16.2. The molecule has 176 valence electrons. The maximum Gasteiger partial charge on any atom is 0.267 e. The van der Waals surface area contributed by atoms with Crippen molar-refractivity contribution in [1.29, 1.82) is 0 Å². The van der Waals surface area contributed by atoms with Gasteiger partial charge in [0.2, 0.25) is 11.8 Å². The molecule has 4 rings (SSSR count). The molecule has 0 aliphatic carbocycles. The van der Waals surface area contributed by atoms with Crippen LogP contribution in [0, 0.1) is 11.6 Å². The molecule has 3 heterocycles. The predicted molar refractivity (Wildman–Crippen MR) is 121 cm³/mol. The number of hydrogen-bond acceptors (Lipinski definition) is 8. The number of pyridine rings is 2. The Hall–Kier alpha value is -3.84. The van der Waals surface area contributed by atoms with E-state index in [1.165, 1.54) is 25.6 Å². The van der Waals surface area contributed by atoms with E-state index in [9.17, 15) is 17.6 Å². The van der Waals surface area contributed by atoms with Gasteiger partial charge < -0.3 is 10.1 Å². The molecule has 0 saturated heterocycles. The Kier molecular flexibility index (Phi) is 6.06. The maximum atomic E-state index is 15.4. The van der Waals surface area contributed by atoms with Crippen LogP contribution < -0.4 is 20.3 Å². The highest BCUT2D eigenvalue weighted by Gasteiger charge is 2.25. The second-order valence-corrected chi connectivity index (χ2v) is 8.84. The summed E-state index contributed by atoms with van der Waals surface area (Å²) in [6, 6.07) is 4.13. The molecule has 1 aromatic carbocycles. The lowest BCUT2D eigenvalue weighted by Gasteiger charge is -2.15. The molecule has 0 radical (unpaired) electrons. The van der Waals surface area contributed by atoms with Crippen LogP contribution in [0.1, 0.15) is 0 Å². The zero-order valence-corrected chi connectivity index (χ0v) is 19.1. The van der Waals surface area contributed by atoms with E-state index in [0.29, 0.717) is 4.57 Å². The molecule has 10 nitrogen and oxygen atoms in total. The lowest BCUT2D eigenvalue weighted by atomic mass is 10.2. The van der Waals surface area contributed by atoms with Gasteiger partial charge in [-0.1, -0.05) is 11.6 Å². The number of hydrogen-bond donors (Lipinski definition) is 2. The van der Waals surface area contributed by atoms with Gasteiger partial charge in [-0.15, -0.1) is 0 Å². The Morgan fingerprint density at radius 2 is 1.91 bits per heavy atom. The molecule has 0 spiro atoms. The van der Waals surface area contributed by atoms with Crippen LogP contribution in [0.2, 0.25) is 5.02 Å². The number of benzene rings is 1. The summed E-state index contributed by atoms with van der Waals surface area (Å²) in [5.74, 6) is -2.46. The average Bonchev–Trinajstić information content (AvgIpc) is 2.82. The fraction of sp³-hybridized carbons (Fsp3) is 0.100. The summed E-state index contributed by atoms with van der Waals surface area (Å²) < 4.78 is 63.5. The van der Waals surface area contributed by atoms with Crippen molar-refractivity contribution in [2.24, 2.45) is 0 Å². The first-order valence-electron chi connectivity index (χ1n) is 9.43. The third-order valence-electron chi connectivity index (χ3n) is 4.69. The first kappa shape index (κ1) is 23.3. The minimum atomic E-state index is -4.46. The molecule has 0 aliphatic heterocycles. The third kappa shape index (κ3) is 4.10. The fourth-order valence-electron chi connectivity index (χ4n) is 3.12. The molecular weight excluding hydrogens is 494 g/mol. The SMILES string of the molecule is CNc1ncc2c(=O)n(-c3c(F)ccc(NS(=O)(=O)c4cc(Cl)cnc4OC)c3F)ccc2n1. The van der Waals surface area contributed by atoms with Crippen molar-refractivity contribution < 1.29 is 21.9 Å². The van der Waals surface area contributed by atoms with Crippen LogP contribution in [0.15, 0.2) is 52.5 Å². The number of fused-ring (bicyclic) bond motifs is 1. The standard InChI is InChI=1S/C20H15ClF2N6O4S/c1-24-20-26-9-11-13(27-20)5-6-29(19(11)30)17-12(22)3-4-14(16(17)23)28-34(31,32)15-7-10(21)8-25-18(15)33-2/h3-9,28H,1-2H3,(H,24,26,27). The molecule has 0 saturated carbocycles. The van der Waals surface area contributed by atoms with Crippen molar-refractivity contribution in [3.05, 3.63) is 69.9 Å². The molecule has 0 unspecified atom stereocenters. The molecule has 14 heteroatoms. The minimum Gasteiger partial charge on any atom is -0.480 e. The molecule has 0 aliphatic rings. The summed E-state index contributed by atoms with van der Waals surface area (Å²) in [6.07, 6.45) is 3.51. The van der Waals surface area contributed by atoms with E-state index in [2.05, 4.69) is 20.3 Å². The predicted octanol–water partition coefficient (Wildman–Crippen LogP) is 2.96. The van der Waals surface area contributed by atoms with Gasteiger partial charge in [0.15, 0.2) is 10.7 Å². The van der Waals surface area contributed by atoms with Gasteiger partial charge in [-0.25, -0.2) is 32.2 Å². The van der Waals surface area contributed by atoms with Gasteiger partial charge in [0, 0.05) is 25.6 Å². The highest BCUT2D eigenvalue weighted by Crippen LogP contribution is 2.30. The van der Waals surface area contributed by atoms with Gasteiger partial charge in [-0.3, -0.25) is 14.1 Å². The number of aromatic nitrogens is 4. The number of nitrogens with one attached hydrogen (secondary N) is 2. The lowest BCUT2D eigenvalue weighted by Crippen LogP contribution is -2.22. The van der Waals surface area contributed by atoms with Gasteiger partial charge in [-0.05, 0) is 24.3 Å². The maximum absolute atomic E-state index is 15.4. The minimum absolute atomic E-state index is 0.000946.